The highest BCUT2D eigenvalue weighted by molar-refractivity contribution is 6.93. The molecule has 1 radical (unpaired) electrons. The molecule has 0 fully saturated rings. The maximum atomic E-state index is 5.96. The molecule has 21 heavy (non-hydrogen) atoms. The Balaban J connectivity index is 5.30. The van der Waals surface area contributed by atoms with E-state index >= 15 is 0 Å². The molecule has 0 heterocycles. The standard InChI is InChI=1S/C18H42NSi2/c1-7-13-20(14-8-2,15-9-3)19-21(16-10-4,17-11-5)18-12-6/h7-18H2,1-6H3. The van der Waals surface area contributed by atoms with E-state index in [1.807, 2.05) is 0 Å². The molecule has 0 N–H and O–H groups in total. The highest BCUT2D eigenvalue weighted by Crippen LogP contribution is 2.33. The number of hydrogen-bond acceptors (Lipinski definition) is 0. The summed E-state index contributed by atoms with van der Waals surface area (Å²) in [5.41, 5.74) is 0. The molecule has 0 saturated carbocycles. The molecule has 0 atom stereocenters. The lowest BCUT2D eigenvalue weighted by Crippen LogP contribution is -2.59. The lowest BCUT2D eigenvalue weighted by molar-refractivity contribution is 0.849. The first-order valence-corrected chi connectivity index (χ1v) is 14.9. The second-order valence-electron chi connectivity index (χ2n) is 7.06. The first kappa shape index (κ1) is 21.4. The van der Waals surface area contributed by atoms with Gasteiger partial charge in [-0.15, -0.1) is 0 Å². The van der Waals surface area contributed by atoms with Gasteiger partial charge >= 0.3 is 0 Å². The Hall–Kier alpha value is 0.394. The molecular formula is C18H42NSi2. The lowest BCUT2D eigenvalue weighted by atomic mass is 10.5. The van der Waals surface area contributed by atoms with Gasteiger partial charge in [-0.1, -0.05) is 80.1 Å². The van der Waals surface area contributed by atoms with Crippen molar-refractivity contribution in [3.8, 4) is 0 Å². The summed E-state index contributed by atoms with van der Waals surface area (Å²) in [7, 11) is -2.71. The van der Waals surface area contributed by atoms with Crippen molar-refractivity contribution in [1.82, 2.24) is 4.65 Å². The van der Waals surface area contributed by atoms with E-state index in [2.05, 4.69) is 41.5 Å². The SMILES string of the molecule is CCC[Si](CCC)(CCC)[N][Si](CCC)(CCC)CCC. The Bertz CT molecular complexity index is 185. The van der Waals surface area contributed by atoms with Crippen LogP contribution in [0.5, 0.6) is 0 Å². The number of rotatable bonds is 14. The van der Waals surface area contributed by atoms with E-state index in [1.54, 1.807) is 0 Å². The van der Waals surface area contributed by atoms with Crippen LogP contribution < -0.4 is 4.65 Å². The molecule has 3 heteroatoms. The van der Waals surface area contributed by atoms with Crippen LogP contribution in [0.4, 0.5) is 0 Å². The molecule has 1 nitrogen and oxygen atoms in total. The summed E-state index contributed by atoms with van der Waals surface area (Å²) >= 11 is 0. The van der Waals surface area contributed by atoms with Crippen molar-refractivity contribution in [3.63, 3.8) is 0 Å². The predicted molar refractivity (Wildman–Crippen MR) is 104 cm³/mol. The summed E-state index contributed by atoms with van der Waals surface area (Å²) in [5, 5.41) is 0. The molecule has 0 aliphatic carbocycles. The molecule has 0 aliphatic rings. The van der Waals surface area contributed by atoms with Gasteiger partial charge in [0.2, 0.25) is 0 Å². The molecule has 0 unspecified atom stereocenters. The average molecular weight is 329 g/mol. The van der Waals surface area contributed by atoms with Gasteiger partial charge in [0.05, 0.1) is 0 Å². The largest absolute Gasteiger partial charge is 0.294 e. The Labute approximate surface area is 137 Å². The number of hydrogen-bond donors (Lipinski definition) is 0. The van der Waals surface area contributed by atoms with Crippen LogP contribution in [0.1, 0.15) is 80.1 Å². The van der Waals surface area contributed by atoms with Crippen molar-refractivity contribution in [1.29, 1.82) is 0 Å². The zero-order valence-electron chi connectivity index (χ0n) is 15.9. The summed E-state index contributed by atoms with van der Waals surface area (Å²) in [6, 6.07) is 8.75. The van der Waals surface area contributed by atoms with Crippen LogP contribution in [0, 0.1) is 0 Å². The third kappa shape index (κ3) is 7.47. The van der Waals surface area contributed by atoms with Gasteiger partial charge in [-0.2, -0.15) is 0 Å². The van der Waals surface area contributed by atoms with Gasteiger partial charge in [0.1, 0.15) is 16.5 Å². The summed E-state index contributed by atoms with van der Waals surface area (Å²) < 4.78 is 5.96. The van der Waals surface area contributed by atoms with Crippen LogP contribution >= 0.6 is 0 Å². The van der Waals surface area contributed by atoms with E-state index in [-0.39, 0.29) is 0 Å². The van der Waals surface area contributed by atoms with Crippen molar-refractivity contribution in [2.75, 3.05) is 0 Å². The molecule has 0 bridgehead atoms. The van der Waals surface area contributed by atoms with E-state index in [9.17, 15) is 0 Å². The van der Waals surface area contributed by atoms with Crippen molar-refractivity contribution < 1.29 is 0 Å². The monoisotopic (exact) mass is 328 g/mol. The maximum Gasteiger partial charge on any atom is 0.135 e. The molecule has 127 valence electrons. The first-order chi connectivity index (χ1) is 10.1. The third-order valence-corrected chi connectivity index (χ3v) is 17.1. The second-order valence-corrected chi connectivity index (χ2v) is 15.9. The zero-order valence-corrected chi connectivity index (χ0v) is 17.9. The quantitative estimate of drug-likeness (QED) is 0.306. The van der Waals surface area contributed by atoms with Gasteiger partial charge in [0.25, 0.3) is 0 Å². The zero-order chi connectivity index (χ0) is 16.2. The summed E-state index contributed by atoms with van der Waals surface area (Å²) in [5.74, 6) is 0. The number of nitrogens with zero attached hydrogens (tertiary/aromatic N) is 1. The van der Waals surface area contributed by atoms with E-state index in [0.717, 1.165) is 0 Å². The molecular weight excluding hydrogens is 286 g/mol. The third-order valence-electron chi connectivity index (χ3n) is 4.77. The minimum atomic E-state index is -1.36. The van der Waals surface area contributed by atoms with Gasteiger partial charge in [0, 0.05) is 0 Å². The van der Waals surface area contributed by atoms with Gasteiger partial charge in [-0.25, -0.2) is 0 Å². The lowest BCUT2D eigenvalue weighted by Gasteiger charge is -2.42. The summed E-state index contributed by atoms with van der Waals surface area (Å²) in [6.45, 7) is 14.3. The van der Waals surface area contributed by atoms with Crippen molar-refractivity contribution in [2.24, 2.45) is 0 Å². The van der Waals surface area contributed by atoms with Crippen LogP contribution in [-0.2, 0) is 0 Å². The van der Waals surface area contributed by atoms with E-state index in [1.165, 1.54) is 74.8 Å². The van der Waals surface area contributed by atoms with Crippen LogP contribution in [0.3, 0.4) is 0 Å². The fraction of sp³-hybridized carbons (Fsp3) is 1.00. The van der Waals surface area contributed by atoms with Gasteiger partial charge < -0.3 is 0 Å². The second kappa shape index (κ2) is 11.9. The van der Waals surface area contributed by atoms with Gasteiger partial charge in [0.15, 0.2) is 0 Å². The van der Waals surface area contributed by atoms with Crippen molar-refractivity contribution in [2.45, 2.75) is 116 Å². The molecule has 0 rings (SSSR count). The van der Waals surface area contributed by atoms with E-state index < -0.39 is 16.5 Å². The Morgan fingerprint density at radius 1 is 0.429 bits per heavy atom. The predicted octanol–water partition coefficient (Wildman–Crippen LogP) is 6.94. The highest BCUT2D eigenvalue weighted by atomic mass is 28.4. The Morgan fingerprint density at radius 2 is 0.619 bits per heavy atom. The van der Waals surface area contributed by atoms with E-state index in [4.69, 9.17) is 4.65 Å². The highest BCUT2D eigenvalue weighted by Gasteiger charge is 2.42. The summed E-state index contributed by atoms with van der Waals surface area (Å²) in [6.07, 6.45) is 8.11. The van der Waals surface area contributed by atoms with Crippen molar-refractivity contribution in [3.05, 3.63) is 0 Å². The topological polar surface area (TPSA) is 14.1 Å². The molecule has 0 aromatic carbocycles. The molecule has 0 amide bonds. The molecule has 0 aromatic rings. The van der Waals surface area contributed by atoms with Crippen LogP contribution in [-0.4, -0.2) is 16.5 Å². The van der Waals surface area contributed by atoms with Crippen molar-refractivity contribution >= 4 is 16.5 Å². The fourth-order valence-electron chi connectivity index (χ4n) is 4.38. The molecule has 0 aliphatic heterocycles. The average Bonchev–Trinajstić information content (AvgIpc) is 2.40. The van der Waals surface area contributed by atoms with Gasteiger partial charge in [-0.3, -0.25) is 4.65 Å². The molecule has 0 saturated heterocycles. The fourth-order valence-corrected chi connectivity index (χ4v) is 18.2. The maximum absolute atomic E-state index is 5.96. The summed E-state index contributed by atoms with van der Waals surface area (Å²) in [4.78, 5) is 0. The van der Waals surface area contributed by atoms with Gasteiger partial charge in [-0.05, 0) is 36.3 Å². The Morgan fingerprint density at radius 3 is 0.762 bits per heavy atom. The van der Waals surface area contributed by atoms with E-state index in [0.29, 0.717) is 0 Å². The van der Waals surface area contributed by atoms with Crippen LogP contribution in [0.25, 0.3) is 0 Å². The molecule has 0 aromatic heterocycles. The smallest absolute Gasteiger partial charge is 0.135 e. The minimum absolute atomic E-state index is 1.35. The normalized spacial score (nSPS) is 12.9. The molecule has 0 spiro atoms. The van der Waals surface area contributed by atoms with Crippen LogP contribution in [0.15, 0.2) is 0 Å². The first-order valence-electron chi connectivity index (χ1n) is 9.81. The Kier molecular flexibility index (Phi) is 12.1. The van der Waals surface area contributed by atoms with Crippen LogP contribution in [0.2, 0.25) is 36.3 Å². The minimum Gasteiger partial charge on any atom is -0.294 e.